The quantitative estimate of drug-likeness (QED) is 0.354. The number of anilines is 1. The Hall–Kier alpha value is -3.85. The van der Waals surface area contributed by atoms with Crippen molar-refractivity contribution in [2.75, 3.05) is 5.32 Å². The number of amides is 4. The normalized spacial score (nSPS) is 16.5. The maximum atomic E-state index is 12.2. The van der Waals surface area contributed by atoms with E-state index in [1.807, 2.05) is 6.92 Å². The molecule has 0 spiro atoms. The number of aryl methyl sites for hydroxylation is 1. The Labute approximate surface area is 187 Å². The molecule has 1 aliphatic rings. The summed E-state index contributed by atoms with van der Waals surface area (Å²) in [6.45, 7) is 1.84. The van der Waals surface area contributed by atoms with Crippen LogP contribution in [0.2, 0.25) is 5.02 Å². The number of aromatic hydroxyl groups is 2. The van der Waals surface area contributed by atoms with Gasteiger partial charge in [-0.2, -0.15) is 0 Å². The summed E-state index contributed by atoms with van der Waals surface area (Å²) in [5, 5.41) is 27.3. The summed E-state index contributed by atoms with van der Waals surface area (Å²) in [6, 6.07) is 8.26. The molecule has 4 amide bonds. The van der Waals surface area contributed by atoms with Gasteiger partial charge in [-0.3, -0.25) is 19.5 Å². The highest BCUT2D eigenvalue weighted by Gasteiger charge is 2.33. The van der Waals surface area contributed by atoms with E-state index in [2.05, 4.69) is 15.6 Å². The van der Waals surface area contributed by atoms with E-state index < -0.39 is 23.9 Å². The molecule has 164 valence electrons. The van der Waals surface area contributed by atoms with Gasteiger partial charge in [0.1, 0.15) is 6.04 Å². The minimum absolute atomic E-state index is 0.0846. The van der Waals surface area contributed by atoms with Gasteiger partial charge >= 0.3 is 6.03 Å². The molecule has 1 fully saturated rings. The van der Waals surface area contributed by atoms with Gasteiger partial charge in [0, 0.05) is 34.3 Å². The standard InChI is InChI=1S/C22H19ClN4O5/c1-11-5-6-13(9-15(11)23)25-22(32)24-10-12-3-2-4-14-18(12)21(31)27(20(14)30)16-7-8-17(28)26-19(16)29/h2-6,9-10,16,30-31H,7-8H2,1H3,(H,25,32)(H,26,28,29). The molecule has 1 aromatic heterocycles. The zero-order valence-corrected chi connectivity index (χ0v) is 17.7. The van der Waals surface area contributed by atoms with Crippen molar-refractivity contribution in [3.8, 4) is 11.8 Å². The molecule has 0 saturated carbocycles. The summed E-state index contributed by atoms with van der Waals surface area (Å²) in [7, 11) is 0. The topological polar surface area (TPSA) is 133 Å². The minimum atomic E-state index is -0.945. The first kappa shape index (κ1) is 21.4. The van der Waals surface area contributed by atoms with Crippen LogP contribution in [0, 0.1) is 6.92 Å². The van der Waals surface area contributed by atoms with Crippen LogP contribution in [0.5, 0.6) is 11.8 Å². The van der Waals surface area contributed by atoms with Gasteiger partial charge in [0.05, 0.1) is 5.39 Å². The molecule has 1 atom stereocenters. The average molecular weight is 455 g/mol. The first-order valence-electron chi connectivity index (χ1n) is 9.76. The first-order chi connectivity index (χ1) is 15.3. The highest BCUT2D eigenvalue weighted by molar-refractivity contribution is 6.31. The number of nitrogens with one attached hydrogen (secondary N) is 2. The van der Waals surface area contributed by atoms with Gasteiger partial charge in [-0.1, -0.05) is 29.8 Å². The monoisotopic (exact) mass is 454 g/mol. The lowest BCUT2D eigenvalue weighted by atomic mass is 10.1. The van der Waals surface area contributed by atoms with E-state index in [-0.39, 0.29) is 35.4 Å². The molecule has 10 heteroatoms. The molecule has 2 heterocycles. The number of nitrogens with zero attached hydrogens (tertiary/aromatic N) is 2. The molecule has 0 radical (unpaired) electrons. The number of benzene rings is 2. The summed E-state index contributed by atoms with van der Waals surface area (Å²) in [5.41, 5.74) is 1.71. The lowest BCUT2D eigenvalue weighted by Gasteiger charge is -2.23. The van der Waals surface area contributed by atoms with Crippen LogP contribution in [0.15, 0.2) is 41.4 Å². The zero-order valence-electron chi connectivity index (χ0n) is 16.9. The number of carbonyl (C=O) groups excluding carboxylic acids is 3. The summed E-state index contributed by atoms with van der Waals surface area (Å²) >= 11 is 6.06. The van der Waals surface area contributed by atoms with E-state index in [1.54, 1.807) is 36.4 Å². The van der Waals surface area contributed by atoms with Crippen LogP contribution in [0.25, 0.3) is 10.8 Å². The van der Waals surface area contributed by atoms with E-state index in [1.165, 1.54) is 6.21 Å². The predicted octanol–water partition coefficient (Wildman–Crippen LogP) is 3.64. The number of carbonyl (C=O) groups is 3. The summed E-state index contributed by atoms with van der Waals surface area (Å²) in [4.78, 5) is 39.8. The van der Waals surface area contributed by atoms with Gasteiger partial charge in [-0.05, 0) is 37.1 Å². The van der Waals surface area contributed by atoms with Crippen molar-refractivity contribution in [2.24, 2.45) is 4.99 Å². The van der Waals surface area contributed by atoms with Crippen LogP contribution in [-0.4, -0.2) is 38.8 Å². The molecule has 1 saturated heterocycles. The van der Waals surface area contributed by atoms with Crippen molar-refractivity contribution < 1.29 is 24.6 Å². The highest BCUT2D eigenvalue weighted by Crippen LogP contribution is 2.41. The van der Waals surface area contributed by atoms with E-state index >= 15 is 0 Å². The average Bonchev–Trinajstić information content (AvgIpc) is 3.00. The second-order valence-corrected chi connectivity index (χ2v) is 7.81. The molecule has 4 rings (SSSR count). The Balaban J connectivity index is 1.65. The Morgan fingerprint density at radius 1 is 1.25 bits per heavy atom. The van der Waals surface area contributed by atoms with E-state index in [0.717, 1.165) is 10.1 Å². The molecule has 3 aromatic rings. The fraction of sp³-hybridized carbons (Fsp3) is 0.182. The second-order valence-electron chi connectivity index (χ2n) is 7.41. The van der Waals surface area contributed by atoms with Crippen molar-refractivity contribution in [3.05, 3.63) is 52.5 Å². The number of piperidine rings is 1. The van der Waals surface area contributed by atoms with Gasteiger partial charge in [0.25, 0.3) is 0 Å². The van der Waals surface area contributed by atoms with E-state index in [0.29, 0.717) is 16.3 Å². The molecule has 1 aliphatic heterocycles. The zero-order chi connectivity index (χ0) is 23.0. The number of rotatable bonds is 3. The Bertz CT molecular complexity index is 1300. The number of aromatic nitrogens is 1. The highest BCUT2D eigenvalue weighted by atomic mass is 35.5. The van der Waals surface area contributed by atoms with Crippen LogP contribution in [0.3, 0.4) is 0 Å². The number of aliphatic imine (C=N–C) groups is 1. The summed E-state index contributed by atoms with van der Waals surface area (Å²) < 4.78 is 1.08. The van der Waals surface area contributed by atoms with E-state index in [4.69, 9.17) is 11.6 Å². The number of hydrogen-bond donors (Lipinski definition) is 4. The summed E-state index contributed by atoms with van der Waals surface area (Å²) in [6.07, 6.45) is 1.47. The summed E-state index contributed by atoms with van der Waals surface area (Å²) in [5.74, 6) is -1.70. The molecule has 0 bridgehead atoms. The third kappa shape index (κ3) is 3.90. The lowest BCUT2D eigenvalue weighted by Crippen LogP contribution is -2.41. The number of halogens is 1. The Kier molecular flexibility index (Phi) is 5.58. The van der Waals surface area contributed by atoms with Crippen LogP contribution in [-0.2, 0) is 9.59 Å². The van der Waals surface area contributed by atoms with Gasteiger partial charge in [-0.25, -0.2) is 9.79 Å². The third-order valence-corrected chi connectivity index (χ3v) is 5.69. The van der Waals surface area contributed by atoms with Crippen molar-refractivity contribution in [2.45, 2.75) is 25.8 Å². The van der Waals surface area contributed by atoms with Gasteiger partial charge in [-0.15, -0.1) is 0 Å². The smallest absolute Gasteiger partial charge is 0.345 e. The van der Waals surface area contributed by atoms with Gasteiger partial charge in [0.15, 0.2) is 0 Å². The molecule has 2 aromatic carbocycles. The van der Waals surface area contributed by atoms with Crippen molar-refractivity contribution in [1.29, 1.82) is 0 Å². The minimum Gasteiger partial charge on any atom is -0.494 e. The molecule has 0 aliphatic carbocycles. The number of imide groups is 1. The first-order valence-corrected chi connectivity index (χ1v) is 10.1. The number of fused-ring (bicyclic) bond motifs is 1. The molecule has 9 nitrogen and oxygen atoms in total. The lowest BCUT2D eigenvalue weighted by molar-refractivity contribution is -0.135. The van der Waals surface area contributed by atoms with Gasteiger partial charge < -0.3 is 15.5 Å². The number of urea groups is 1. The predicted molar refractivity (Wildman–Crippen MR) is 119 cm³/mol. The second kappa shape index (κ2) is 8.35. The van der Waals surface area contributed by atoms with Gasteiger partial charge in [0.2, 0.25) is 23.6 Å². The van der Waals surface area contributed by atoms with Crippen molar-refractivity contribution >= 4 is 52.1 Å². The Morgan fingerprint density at radius 2 is 2.03 bits per heavy atom. The van der Waals surface area contributed by atoms with Crippen LogP contribution in [0.1, 0.15) is 30.0 Å². The van der Waals surface area contributed by atoms with Crippen LogP contribution >= 0.6 is 11.6 Å². The van der Waals surface area contributed by atoms with Crippen molar-refractivity contribution in [1.82, 2.24) is 9.88 Å². The Morgan fingerprint density at radius 3 is 2.75 bits per heavy atom. The molecular formula is C22H19ClN4O5. The SMILES string of the molecule is Cc1ccc(NC(=O)N=Cc2cccc3c(O)n(C4CCC(=O)NC4=O)c(O)c23)cc1Cl. The van der Waals surface area contributed by atoms with Crippen LogP contribution < -0.4 is 10.6 Å². The third-order valence-electron chi connectivity index (χ3n) is 5.28. The molecule has 32 heavy (non-hydrogen) atoms. The molecular weight excluding hydrogens is 436 g/mol. The molecule has 1 unspecified atom stereocenters. The fourth-order valence-corrected chi connectivity index (χ4v) is 3.82. The fourth-order valence-electron chi connectivity index (χ4n) is 3.64. The maximum absolute atomic E-state index is 12.2. The number of hydrogen-bond acceptors (Lipinski definition) is 5. The van der Waals surface area contributed by atoms with Crippen molar-refractivity contribution in [3.63, 3.8) is 0 Å². The maximum Gasteiger partial charge on any atom is 0.345 e. The van der Waals surface area contributed by atoms with Crippen LogP contribution in [0.4, 0.5) is 10.5 Å². The largest absolute Gasteiger partial charge is 0.494 e. The molecule has 4 N–H and O–H groups in total. The van der Waals surface area contributed by atoms with E-state index in [9.17, 15) is 24.6 Å².